The zero-order valence-corrected chi connectivity index (χ0v) is 6.02. The van der Waals surface area contributed by atoms with Gasteiger partial charge in [0.25, 0.3) is 0 Å². The topological polar surface area (TPSA) is 18.5 Å². The van der Waals surface area contributed by atoms with Gasteiger partial charge in [-0.25, -0.2) is 0 Å². The highest BCUT2D eigenvalue weighted by Crippen LogP contribution is 2.25. The van der Waals surface area contributed by atoms with Gasteiger partial charge in [-0.1, -0.05) is 0 Å². The minimum atomic E-state index is -4.29. The van der Waals surface area contributed by atoms with Gasteiger partial charge in [-0.2, -0.15) is 13.2 Å². The van der Waals surface area contributed by atoms with E-state index in [1.165, 1.54) is 0 Å². The van der Waals surface area contributed by atoms with E-state index in [0.29, 0.717) is 0 Å². The number of rotatable bonds is 0. The van der Waals surface area contributed by atoms with Crippen LogP contribution in [0, 0.1) is 0 Å². The fourth-order valence-corrected chi connectivity index (χ4v) is 0.789. The monoisotopic (exact) mass is 170 g/mol. The summed E-state index contributed by atoms with van der Waals surface area (Å²) in [5.74, 6) is 0. The molecule has 0 saturated carbocycles. The molecule has 1 saturated heterocycles. The van der Waals surface area contributed by atoms with Crippen molar-refractivity contribution in [1.82, 2.24) is 0 Å². The van der Waals surface area contributed by atoms with Crippen molar-refractivity contribution >= 4 is 0 Å². The van der Waals surface area contributed by atoms with Gasteiger partial charge < -0.3 is 9.47 Å². The summed E-state index contributed by atoms with van der Waals surface area (Å²) in [5.41, 5.74) is 0. The first-order chi connectivity index (χ1) is 5.00. The molecular formula is C6H9F3O2. The molecule has 0 aromatic carbocycles. The van der Waals surface area contributed by atoms with E-state index < -0.39 is 12.3 Å². The number of halogens is 3. The zero-order chi connectivity index (χ0) is 8.48. The lowest BCUT2D eigenvalue weighted by Crippen LogP contribution is -2.43. The Morgan fingerprint density at radius 2 is 1.82 bits per heavy atom. The van der Waals surface area contributed by atoms with Crippen LogP contribution in [0.2, 0.25) is 0 Å². The molecule has 0 aromatic heterocycles. The Labute approximate surface area is 62.3 Å². The molecule has 11 heavy (non-hydrogen) atoms. The Morgan fingerprint density at radius 3 is 2.18 bits per heavy atom. The van der Waals surface area contributed by atoms with Gasteiger partial charge in [-0.05, 0) is 6.92 Å². The van der Waals surface area contributed by atoms with Crippen molar-refractivity contribution in [2.24, 2.45) is 0 Å². The largest absolute Gasteiger partial charge is 0.416 e. The molecule has 2 unspecified atom stereocenters. The fourth-order valence-electron chi connectivity index (χ4n) is 0.789. The second-order valence-corrected chi connectivity index (χ2v) is 2.51. The third kappa shape index (κ3) is 2.34. The molecule has 1 aliphatic heterocycles. The summed E-state index contributed by atoms with van der Waals surface area (Å²) >= 11 is 0. The van der Waals surface area contributed by atoms with E-state index in [1.807, 2.05) is 0 Å². The van der Waals surface area contributed by atoms with Crippen molar-refractivity contribution in [1.29, 1.82) is 0 Å². The Hall–Kier alpha value is -0.290. The molecule has 2 atom stereocenters. The van der Waals surface area contributed by atoms with Crippen LogP contribution in [0.1, 0.15) is 6.92 Å². The summed E-state index contributed by atoms with van der Waals surface area (Å²) in [6, 6.07) is 0. The van der Waals surface area contributed by atoms with E-state index in [9.17, 15) is 13.2 Å². The lowest BCUT2D eigenvalue weighted by atomic mass is 10.3. The van der Waals surface area contributed by atoms with Crippen LogP contribution in [0.4, 0.5) is 13.2 Å². The first-order valence-electron chi connectivity index (χ1n) is 3.30. The molecule has 0 aliphatic carbocycles. The molecule has 1 heterocycles. The summed E-state index contributed by atoms with van der Waals surface area (Å²) in [4.78, 5) is 0. The van der Waals surface area contributed by atoms with Crippen LogP contribution in [-0.2, 0) is 9.47 Å². The van der Waals surface area contributed by atoms with Crippen molar-refractivity contribution in [3.05, 3.63) is 0 Å². The fraction of sp³-hybridized carbons (Fsp3) is 1.00. The van der Waals surface area contributed by atoms with Gasteiger partial charge in [0.2, 0.25) is 0 Å². The molecular weight excluding hydrogens is 161 g/mol. The van der Waals surface area contributed by atoms with E-state index in [0.717, 1.165) is 0 Å². The van der Waals surface area contributed by atoms with E-state index in [4.69, 9.17) is 4.74 Å². The van der Waals surface area contributed by atoms with Crippen molar-refractivity contribution < 1.29 is 22.6 Å². The SMILES string of the molecule is CC1COC(C(F)(F)F)CO1. The first kappa shape index (κ1) is 8.80. The van der Waals surface area contributed by atoms with Crippen LogP contribution in [0.25, 0.3) is 0 Å². The molecule has 5 heteroatoms. The maximum absolute atomic E-state index is 11.9. The minimum Gasteiger partial charge on any atom is -0.373 e. The number of hydrogen-bond acceptors (Lipinski definition) is 2. The molecule has 0 spiro atoms. The summed E-state index contributed by atoms with van der Waals surface area (Å²) in [6.07, 6.45) is -6.26. The average Bonchev–Trinajstić information content (AvgIpc) is 1.86. The van der Waals surface area contributed by atoms with Crippen molar-refractivity contribution in [2.75, 3.05) is 13.2 Å². The van der Waals surface area contributed by atoms with E-state index in [1.54, 1.807) is 6.92 Å². The molecule has 1 aliphatic rings. The standard InChI is InChI=1S/C6H9F3O2/c1-4-2-11-5(3-10-4)6(7,8)9/h4-5H,2-3H2,1H3. The van der Waals surface area contributed by atoms with Gasteiger partial charge in [0, 0.05) is 0 Å². The molecule has 0 N–H and O–H groups in total. The number of hydrogen-bond donors (Lipinski definition) is 0. The smallest absolute Gasteiger partial charge is 0.373 e. The molecule has 66 valence electrons. The Morgan fingerprint density at radius 1 is 1.18 bits per heavy atom. The van der Waals surface area contributed by atoms with Crippen LogP contribution >= 0.6 is 0 Å². The van der Waals surface area contributed by atoms with Crippen LogP contribution in [0.3, 0.4) is 0 Å². The van der Waals surface area contributed by atoms with E-state index in [2.05, 4.69) is 4.74 Å². The highest BCUT2D eigenvalue weighted by Gasteiger charge is 2.43. The Kier molecular flexibility index (Phi) is 2.39. The third-order valence-corrected chi connectivity index (χ3v) is 1.43. The lowest BCUT2D eigenvalue weighted by molar-refractivity contribution is -0.264. The zero-order valence-electron chi connectivity index (χ0n) is 6.02. The van der Waals surface area contributed by atoms with Gasteiger partial charge in [-0.3, -0.25) is 0 Å². The molecule has 1 fully saturated rings. The number of alkyl halides is 3. The van der Waals surface area contributed by atoms with Gasteiger partial charge in [-0.15, -0.1) is 0 Å². The predicted molar refractivity (Wildman–Crippen MR) is 31.2 cm³/mol. The van der Waals surface area contributed by atoms with Gasteiger partial charge in [0.15, 0.2) is 6.10 Å². The maximum atomic E-state index is 11.9. The molecule has 0 bridgehead atoms. The third-order valence-electron chi connectivity index (χ3n) is 1.43. The number of ether oxygens (including phenoxy) is 2. The van der Waals surface area contributed by atoms with Crippen molar-refractivity contribution in [2.45, 2.75) is 25.3 Å². The summed E-state index contributed by atoms with van der Waals surface area (Å²) in [5, 5.41) is 0. The highest BCUT2D eigenvalue weighted by molar-refractivity contribution is 4.71. The Bertz CT molecular complexity index is 126. The summed E-state index contributed by atoms with van der Waals surface area (Å²) in [7, 11) is 0. The van der Waals surface area contributed by atoms with Crippen LogP contribution in [-0.4, -0.2) is 31.6 Å². The van der Waals surface area contributed by atoms with Crippen molar-refractivity contribution in [3.63, 3.8) is 0 Å². The molecule has 0 radical (unpaired) electrons. The first-order valence-corrected chi connectivity index (χ1v) is 3.30. The molecule has 0 amide bonds. The molecule has 0 aromatic rings. The summed E-state index contributed by atoms with van der Waals surface area (Å²) in [6.45, 7) is 1.31. The van der Waals surface area contributed by atoms with Gasteiger partial charge >= 0.3 is 6.18 Å². The quantitative estimate of drug-likeness (QED) is 0.546. The van der Waals surface area contributed by atoms with E-state index in [-0.39, 0.29) is 19.3 Å². The van der Waals surface area contributed by atoms with E-state index >= 15 is 0 Å². The van der Waals surface area contributed by atoms with Crippen LogP contribution in [0.15, 0.2) is 0 Å². The predicted octanol–water partition coefficient (Wildman–Crippen LogP) is 1.35. The van der Waals surface area contributed by atoms with Crippen LogP contribution < -0.4 is 0 Å². The average molecular weight is 170 g/mol. The second kappa shape index (κ2) is 2.98. The van der Waals surface area contributed by atoms with Crippen LogP contribution in [0.5, 0.6) is 0 Å². The lowest BCUT2D eigenvalue weighted by Gasteiger charge is -2.28. The highest BCUT2D eigenvalue weighted by atomic mass is 19.4. The summed E-state index contributed by atoms with van der Waals surface area (Å²) < 4.78 is 44.9. The second-order valence-electron chi connectivity index (χ2n) is 2.51. The normalized spacial score (nSPS) is 33.8. The van der Waals surface area contributed by atoms with Gasteiger partial charge in [0.05, 0.1) is 19.3 Å². The molecule has 2 nitrogen and oxygen atoms in total. The molecule has 1 rings (SSSR count). The Balaban J connectivity index is 2.39. The van der Waals surface area contributed by atoms with Crippen molar-refractivity contribution in [3.8, 4) is 0 Å². The minimum absolute atomic E-state index is 0.0180. The maximum Gasteiger partial charge on any atom is 0.416 e. The van der Waals surface area contributed by atoms with Gasteiger partial charge in [0.1, 0.15) is 0 Å².